The lowest BCUT2D eigenvalue weighted by Crippen LogP contribution is -2.20. The largest absolute Gasteiger partial charge is 0.482 e. The number of ketones is 1. The maximum absolute atomic E-state index is 12.6. The Morgan fingerprint density at radius 2 is 1.79 bits per heavy atom. The van der Waals surface area contributed by atoms with Gasteiger partial charge in [0, 0.05) is 22.2 Å². The summed E-state index contributed by atoms with van der Waals surface area (Å²) in [6, 6.07) is 13.5. The molecule has 0 fully saturated rings. The number of ether oxygens (including phenoxy) is 2. The van der Waals surface area contributed by atoms with Gasteiger partial charge in [-0.3, -0.25) is 4.79 Å². The number of rotatable bonds is 7. The molecule has 1 aromatic heterocycles. The van der Waals surface area contributed by atoms with Crippen LogP contribution in [0.15, 0.2) is 42.5 Å². The van der Waals surface area contributed by atoms with Gasteiger partial charge in [0.25, 0.3) is 0 Å². The molecule has 0 aliphatic carbocycles. The Morgan fingerprint density at radius 1 is 1.04 bits per heavy atom. The SMILES string of the molecule is Cc1ccc(C(C)C)c(OCC(=O)OCC(=O)c2c(C)[nH]c3ccccc23)c1. The fourth-order valence-electron chi connectivity index (χ4n) is 3.28. The second kappa shape index (κ2) is 8.30. The van der Waals surface area contributed by atoms with Crippen LogP contribution in [0.4, 0.5) is 0 Å². The first-order valence-corrected chi connectivity index (χ1v) is 9.36. The number of hydrogen-bond donors (Lipinski definition) is 1. The maximum atomic E-state index is 12.6. The number of H-pyrrole nitrogens is 1. The predicted molar refractivity (Wildman–Crippen MR) is 109 cm³/mol. The summed E-state index contributed by atoms with van der Waals surface area (Å²) in [7, 11) is 0. The number of esters is 1. The first-order valence-electron chi connectivity index (χ1n) is 9.36. The summed E-state index contributed by atoms with van der Waals surface area (Å²) >= 11 is 0. The molecule has 3 aromatic rings. The third-order valence-corrected chi connectivity index (χ3v) is 4.67. The fourth-order valence-corrected chi connectivity index (χ4v) is 3.28. The minimum Gasteiger partial charge on any atom is -0.482 e. The molecule has 0 bridgehead atoms. The number of aromatic nitrogens is 1. The predicted octanol–water partition coefficient (Wildman–Crippen LogP) is 4.71. The maximum Gasteiger partial charge on any atom is 0.344 e. The van der Waals surface area contributed by atoms with Crippen molar-refractivity contribution in [2.75, 3.05) is 13.2 Å². The van der Waals surface area contributed by atoms with Gasteiger partial charge in [0.2, 0.25) is 5.78 Å². The molecule has 2 aromatic carbocycles. The van der Waals surface area contributed by atoms with E-state index < -0.39 is 5.97 Å². The standard InChI is InChI=1S/C23H25NO4/c1-14(2)17-10-9-15(3)11-21(17)27-13-22(26)28-12-20(25)23-16(4)24-19-8-6-5-7-18(19)23/h5-11,14,24H,12-13H2,1-4H3. The highest BCUT2D eigenvalue weighted by atomic mass is 16.6. The quantitative estimate of drug-likeness (QED) is 0.477. The number of para-hydroxylation sites is 1. The van der Waals surface area contributed by atoms with Gasteiger partial charge in [-0.25, -0.2) is 4.79 Å². The molecule has 146 valence electrons. The lowest BCUT2D eigenvalue weighted by Gasteiger charge is -2.14. The van der Waals surface area contributed by atoms with E-state index in [0.717, 1.165) is 27.7 Å². The van der Waals surface area contributed by atoms with Crippen molar-refractivity contribution in [3.05, 3.63) is 64.8 Å². The molecule has 0 aliphatic rings. The van der Waals surface area contributed by atoms with Gasteiger partial charge in [0.15, 0.2) is 13.2 Å². The first kappa shape index (κ1) is 19.7. The number of carbonyl (C=O) groups excluding carboxylic acids is 2. The number of aryl methyl sites for hydroxylation is 2. The van der Waals surface area contributed by atoms with Gasteiger partial charge in [-0.1, -0.05) is 44.2 Å². The third kappa shape index (κ3) is 4.25. The van der Waals surface area contributed by atoms with Crippen LogP contribution in [-0.4, -0.2) is 30.0 Å². The Hall–Kier alpha value is -3.08. The van der Waals surface area contributed by atoms with Crippen molar-refractivity contribution in [3.8, 4) is 5.75 Å². The second-order valence-corrected chi connectivity index (χ2v) is 7.24. The van der Waals surface area contributed by atoms with Crippen LogP contribution >= 0.6 is 0 Å². The highest BCUT2D eigenvalue weighted by Crippen LogP contribution is 2.27. The normalized spacial score (nSPS) is 11.0. The number of Topliss-reactive ketones (excluding diaryl/α,β-unsaturated/α-hetero) is 1. The first-order chi connectivity index (χ1) is 13.4. The van der Waals surface area contributed by atoms with Crippen molar-refractivity contribution >= 4 is 22.7 Å². The van der Waals surface area contributed by atoms with Crippen molar-refractivity contribution < 1.29 is 19.1 Å². The van der Waals surface area contributed by atoms with Crippen LogP contribution in [0.1, 0.15) is 46.9 Å². The molecule has 5 nitrogen and oxygen atoms in total. The molecule has 28 heavy (non-hydrogen) atoms. The van der Waals surface area contributed by atoms with Crippen molar-refractivity contribution in [2.45, 2.75) is 33.6 Å². The third-order valence-electron chi connectivity index (χ3n) is 4.67. The van der Waals surface area contributed by atoms with Gasteiger partial charge in [0.1, 0.15) is 5.75 Å². The summed E-state index contributed by atoms with van der Waals surface area (Å²) in [6.45, 7) is 7.40. The smallest absolute Gasteiger partial charge is 0.344 e. The summed E-state index contributed by atoms with van der Waals surface area (Å²) in [5.41, 5.74) is 4.30. The molecule has 3 rings (SSSR count). The summed E-state index contributed by atoms with van der Waals surface area (Å²) in [5.74, 6) is 0.146. The molecular formula is C23H25NO4. The van der Waals surface area contributed by atoms with Gasteiger partial charge >= 0.3 is 5.97 Å². The number of hydrogen-bond acceptors (Lipinski definition) is 4. The van der Waals surface area contributed by atoms with E-state index in [9.17, 15) is 9.59 Å². The van der Waals surface area contributed by atoms with E-state index in [-0.39, 0.29) is 24.9 Å². The molecular weight excluding hydrogens is 354 g/mol. The number of carbonyl (C=O) groups is 2. The van der Waals surface area contributed by atoms with Gasteiger partial charge in [-0.15, -0.1) is 0 Å². The Morgan fingerprint density at radius 3 is 2.54 bits per heavy atom. The van der Waals surface area contributed by atoms with E-state index in [4.69, 9.17) is 9.47 Å². The topological polar surface area (TPSA) is 68.4 Å². The van der Waals surface area contributed by atoms with Gasteiger partial charge in [0.05, 0.1) is 0 Å². The molecule has 0 atom stereocenters. The minimum absolute atomic E-state index is 0.233. The minimum atomic E-state index is -0.568. The van der Waals surface area contributed by atoms with Crippen molar-refractivity contribution in [3.63, 3.8) is 0 Å². The zero-order valence-electron chi connectivity index (χ0n) is 16.7. The average molecular weight is 379 g/mol. The van der Waals surface area contributed by atoms with E-state index in [1.807, 2.05) is 56.3 Å². The fraction of sp³-hybridized carbons (Fsp3) is 0.304. The van der Waals surface area contributed by atoms with Crippen molar-refractivity contribution in [1.29, 1.82) is 0 Å². The Bertz CT molecular complexity index is 1020. The molecule has 0 unspecified atom stereocenters. The Balaban J connectivity index is 1.61. The number of fused-ring (bicyclic) bond motifs is 1. The monoisotopic (exact) mass is 379 g/mol. The zero-order chi connectivity index (χ0) is 20.3. The molecule has 5 heteroatoms. The lowest BCUT2D eigenvalue weighted by atomic mass is 10.0. The summed E-state index contributed by atoms with van der Waals surface area (Å²) < 4.78 is 10.8. The summed E-state index contributed by atoms with van der Waals surface area (Å²) in [4.78, 5) is 27.8. The van der Waals surface area contributed by atoms with E-state index in [1.54, 1.807) is 0 Å². The number of aromatic amines is 1. The number of nitrogens with one attached hydrogen (secondary N) is 1. The van der Waals surface area contributed by atoms with Crippen LogP contribution in [0.2, 0.25) is 0 Å². The van der Waals surface area contributed by atoms with E-state index in [2.05, 4.69) is 18.8 Å². The Labute approximate surface area is 164 Å². The van der Waals surface area contributed by atoms with Crippen LogP contribution in [0.3, 0.4) is 0 Å². The highest BCUT2D eigenvalue weighted by molar-refractivity contribution is 6.10. The number of benzene rings is 2. The van der Waals surface area contributed by atoms with Crippen LogP contribution in [0.25, 0.3) is 10.9 Å². The summed E-state index contributed by atoms with van der Waals surface area (Å²) in [5, 5.41) is 0.832. The molecule has 0 aliphatic heterocycles. The molecule has 1 N–H and O–H groups in total. The van der Waals surface area contributed by atoms with Crippen molar-refractivity contribution in [2.24, 2.45) is 0 Å². The van der Waals surface area contributed by atoms with Crippen LogP contribution in [0.5, 0.6) is 5.75 Å². The lowest BCUT2D eigenvalue weighted by molar-refractivity contribution is -0.144. The van der Waals surface area contributed by atoms with Crippen LogP contribution in [-0.2, 0) is 9.53 Å². The van der Waals surface area contributed by atoms with Crippen LogP contribution in [0, 0.1) is 13.8 Å². The highest BCUT2D eigenvalue weighted by Gasteiger charge is 2.18. The average Bonchev–Trinajstić information content (AvgIpc) is 3.00. The molecule has 0 spiro atoms. The zero-order valence-corrected chi connectivity index (χ0v) is 16.7. The van der Waals surface area contributed by atoms with Gasteiger partial charge < -0.3 is 14.5 Å². The summed E-state index contributed by atoms with van der Waals surface area (Å²) in [6.07, 6.45) is 0. The molecule has 0 saturated heterocycles. The molecule has 0 amide bonds. The van der Waals surface area contributed by atoms with E-state index in [0.29, 0.717) is 11.3 Å². The van der Waals surface area contributed by atoms with Gasteiger partial charge in [-0.05, 0) is 43.0 Å². The van der Waals surface area contributed by atoms with E-state index >= 15 is 0 Å². The van der Waals surface area contributed by atoms with Crippen molar-refractivity contribution in [1.82, 2.24) is 4.98 Å². The Kier molecular flexibility index (Phi) is 5.83. The molecule has 0 saturated carbocycles. The molecule has 1 heterocycles. The molecule has 0 radical (unpaired) electrons. The van der Waals surface area contributed by atoms with E-state index in [1.165, 1.54) is 0 Å². The van der Waals surface area contributed by atoms with Gasteiger partial charge in [-0.2, -0.15) is 0 Å². The van der Waals surface area contributed by atoms with Crippen LogP contribution < -0.4 is 4.74 Å². The second-order valence-electron chi connectivity index (χ2n) is 7.24.